The van der Waals surface area contributed by atoms with Crippen LogP contribution in [0.25, 0.3) is 0 Å². The average molecular weight is 593 g/mol. The van der Waals surface area contributed by atoms with E-state index in [1.54, 1.807) is 45.0 Å². The van der Waals surface area contributed by atoms with E-state index in [-0.39, 0.29) is 22.9 Å². The molecule has 2 rings (SSSR count). The van der Waals surface area contributed by atoms with Crippen LogP contribution in [-0.2, 0) is 17.7 Å². The second-order valence-corrected chi connectivity index (χ2v) is 17.2. The lowest BCUT2D eigenvalue weighted by Crippen LogP contribution is -2.44. The van der Waals surface area contributed by atoms with Crippen LogP contribution in [0.15, 0.2) is 34.8 Å². The molecule has 37 heavy (non-hydrogen) atoms. The van der Waals surface area contributed by atoms with Gasteiger partial charge in [0.2, 0.25) is 0 Å². The molecule has 0 aromatic heterocycles. The lowest BCUT2D eigenvalue weighted by Gasteiger charge is -2.36. The summed E-state index contributed by atoms with van der Waals surface area (Å²) in [5, 5.41) is 15.8. The van der Waals surface area contributed by atoms with Crippen LogP contribution >= 0.6 is 15.9 Å². The maximum atomic E-state index is 15.8. The van der Waals surface area contributed by atoms with Gasteiger partial charge in [0.15, 0.2) is 5.82 Å². The number of rotatable bonds is 8. The van der Waals surface area contributed by atoms with Crippen molar-refractivity contribution < 1.29 is 18.3 Å². The quantitative estimate of drug-likeness (QED) is 0.302. The van der Waals surface area contributed by atoms with Crippen molar-refractivity contribution in [1.29, 1.82) is 5.26 Å². The van der Waals surface area contributed by atoms with Crippen LogP contribution in [0, 0.1) is 17.1 Å². The third-order valence-electron chi connectivity index (χ3n) is 6.33. The van der Waals surface area contributed by atoms with Gasteiger partial charge in [0.1, 0.15) is 17.4 Å². The molecule has 1 unspecified atom stereocenters. The van der Waals surface area contributed by atoms with Gasteiger partial charge in [-0.1, -0.05) is 43.6 Å². The van der Waals surface area contributed by atoms with Gasteiger partial charge < -0.3 is 19.8 Å². The van der Waals surface area contributed by atoms with Gasteiger partial charge in [-0.15, -0.1) is 0 Å². The zero-order valence-corrected chi connectivity index (χ0v) is 25.9. The number of hydrogen-bond acceptors (Lipinski definition) is 5. The number of nitriles is 1. The van der Waals surface area contributed by atoms with Crippen molar-refractivity contribution in [3.8, 4) is 11.8 Å². The molecule has 0 heterocycles. The monoisotopic (exact) mass is 591 g/mol. The molecule has 0 aliphatic rings. The van der Waals surface area contributed by atoms with Crippen LogP contribution in [0.3, 0.4) is 0 Å². The van der Waals surface area contributed by atoms with E-state index in [0.29, 0.717) is 12.1 Å². The summed E-state index contributed by atoms with van der Waals surface area (Å²) in [7, 11) is -2.30. The minimum atomic E-state index is -2.30. The largest absolute Gasteiger partial charge is 0.542 e. The van der Waals surface area contributed by atoms with Crippen LogP contribution in [0.1, 0.15) is 71.2 Å². The normalized spacial score (nSPS) is 12.9. The third-order valence-corrected chi connectivity index (χ3v) is 11.4. The first-order valence-electron chi connectivity index (χ1n) is 12.4. The fourth-order valence-corrected chi connectivity index (χ4v) is 4.61. The molecule has 0 bridgehead atoms. The van der Waals surface area contributed by atoms with E-state index in [1.807, 2.05) is 13.0 Å². The Morgan fingerprint density at radius 2 is 1.81 bits per heavy atom. The summed E-state index contributed by atoms with van der Waals surface area (Å²) in [6.07, 6.45) is 0.151. The number of ether oxygens (including phenoxy) is 1. The first-order chi connectivity index (χ1) is 17.0. The van der Waals surface area contributed by atoms with Gasteiger partial charge in [0, 0.05) is 22.3 Å². The molecule has 202 valence electrons. The molecule has 2 aromatic rings. The molecule has 0 aliphatic carbocycles. The van der Waals surface area contributed by atoms with Crippen LogP contribution < -0.4 is 15.1 Å². The number of anilines is 1. The van der Waals surface area contributed by atoms with Crippen molar-refractivity contribution in [2.75, 3.05) is 5.32 Å². The summed E-state index contributed by atoms with van der Waals surface area (Å²) in [4.78, 5) is 12.1. The highest BCUT2D eigenvalue weighted by atomic mass is 79.9. The Kier molecular flexibility index (Phi) is 9.83. The zero-order valence-electron chi connectivity index (χ0n) is 23.3. The molecule has 9 heteroatoms. The highest BCUT2D eigenvalue weighted by molar-refractivity contribution is 9.10. The second-order valence-electron chi connectivity index (χ2n) is 11.6. The smallest absolute Gasteiger partial charge is 0.407 e. The minimum Gasteiger partial charge on any atom is -0.542 e. The number of carbonyl (C=O) groups excluding carboxylic acids is 1. The van der Waals surface area contributed by atoms with Crippen LogP contribution in [0.2, 0.25) is 18.1 Å². The number of nitrogens with one attached hydrogen (secondary N) is 2. The predicted molar refractivity (Wildman–Crippen MR) is 153 cm³/mol. The summed E-state index contributed by atoms with van der Waals surface area (Å²) in [6.45, 7) is 18.0. The molecule has 1 atom stereocenters. The van der Waals surface area contributed by atoms with Crippen molar-refractivity contribution in [1.82, 2.24) is 5.32 Å². The van der Waals surface area contributed by atoms with Gasteiger partial charge in [-0.05, 0) is 86.8 Å². The third kappa shape index (κ3) is 8.47. The first-order valence-corrected chi connectivity index (χ1v) is 16.1. The number of halogens is 2. The molecule has 0 saturated carbocycles. The molecule has 0 aliphatic heterocycles. The topological polar surface area (TPSA) is 83.4 Å². The summed E-state index contributed by atoms with van der Waals surface area (Å²) < 4.78 is 28.2. The van der Waals surface area contributed by atoms with Gasteiger partial charge in [0.05, 0.1) is 6.07 Å². The second kappa shape index (κ2) is 11.9. The van der Waals surface area contributed by atoms with E-state index in [0.717, 1.165) is 15.6 Å². The van der Waals surface area contributed by atoms with Crippen molar-refractivity contribution in [3.05, 3.63) is 57.3 Å². The van der Waals surface area contributed by atoms with Crippen molar-refractivity contribution in [2.24, 2.45) is 0 Å². The first kappa shape index (κ1) is 30.6. The van der Waals surface area contributed by atoms with Gasteiger partial charge in [-0.25, -0.2) is 9.18 Å². The van der Waals surface area contributed by atoms with Crippen molar-refractivity contribution in [2.45, 2.75) is 91.2 Å². The van der Waals surface area contributed by atoms with Crippen LogP contribution in [0.5, 0.6) is 5.75 Å². The van der Waals surface area contributed by atoms with E-state index in [4.69, 9.17) is 9.16 Å². The Hall–Kier alpha value is -2.57. The number of hydrogen-bond donors (Lipinski definition) is 2. The van der Waals surface area contributed by atoms with Crippen LogP contribution in [-0.4, -0.2) is 20.0 Å². The fourth-order valence-electron chi connectivity index (χ4n) is 3.22. The SMILES string of the molecule is CCc1cc(O[Si](C)(C)C(C)(C)C)c(F)c(C(C#N)Nc2ccc(Br)c(CNC(=O)OC(C)(C)C)c2)c1. The van der Waals surface area contributed by atoms with Gasteiger partial charge >= 0.3 is 6.09 Å². The Labute approximate surface area is 230 Å². The maximum Gasteiger partial charge on any atom is 0.407 e. The number of benzene rings is 2. The molecule has 0 fully saturated rings. The summed E-state index contributed by atoms with van der Waals surface area (Å²) >= 11 is 3.50. The molecule has 1 amide bonds. The predicted octanol–water partition coefficient (Wildman–Crippen LogP) is 8.24. The highest BCUT2D eigenvalue weighted by Gasteiger charge is 2.40. The van der Waals surface area contributed by atoms with E-state index < -0.39 is 31.9 Å². The molecule has 0 saturated heterocycles. The summed E-state index contributed by atoms with van der Waals surface area (Å²) in [5.74, 6) is -0.328. The van der Waals surface area contributed by atoms with E-state index in [2.05, 4.69) is 66.5 Å². The van der Waals surface area contributed by atoms with Crippen molar-refractivity contribution in [3.63, 3.8) is 0 Å². The molecule has 2 N–H and O–H groups in total. The Bertz CT molecular complexity index is 1170. The average Bonchev–Trinajstić information content (AvgIpc) is 2.77. The maximum absolute atomic E-state index is 15.8. The summed E-state index contributed by atoms with van der Waals surface area (Å²) in [6, 6.07) is 10.1. The Morgan fingerprint density at radius 3 is 2.35 bits per heavy atom. The molecule has 0 spiro atoms. The molecule has 2 aromatic carbocycles. The van der Waals surface area contributed by atoms with E-state index >= 15 is 4.39 Å². The lowest BCUT2D eigenvalue weighted by atomic mass is 10.0. The Balaban J connectivity index is 2.34. The highest BCUT2D eigenvalue weighted by Crippen LogP contribution is 2.39. The zero-order chi connectivity index (χ0) is 28.2. The number of amides is 1. The Morgan fingerprint density at radius 1 is 1.16 bits per heavy atom. The van der Waals surface area contributed by atoms with E-state index in [9.17, 15) is 10.1 Å². The number of alkyl carbamates (subject to hydrolysis) is 1. The number of aryl methyl sites for hydroxylation is 1. The summed E-state index contributed by atoms with van der Waals surface area (Å²) in [5.41, 5.74) is 1.92. The standard InChI is InChI=1S/C28H39BrFN3O3Si/c1-10-18-13-21(25(30)24(14-18)36-37(8,9)28(5,6)7)23(16-31)33-20-11-12-22(29)19(15-20)17-32-26(34)35-27(2,3)4/h11-15,23,33H,10,17H2,1-9H3,(H,32,34). The van der Waals surface area contributed by atoms with Crippen molar-refractivity contribution >= 4 is 36.0 Å². The lowest BCUT2D eigenvalue weighted by molar-refractivity contribution is 0.0523. The van der Waals surface area contributed by atoms with Crippen LogP contribution in [0.4, 0.5) is 14.9 Å². The molecule has 0 radical (unpaired) electrons. The van der Waals surface area contributed by atoms with Gasteiger partial charge in [-0.2, -0.15) is 5.26 Å². The minimum absolute atomic E-state index is 0.101. The fraction of sp³-hybridized carbons (Fsp3) is 0.500. The molecular formula is C28H39BrFN3O3Si. The van der Waals surface area contributed by atoms with Gasteiger partial charge in [-0.3, -0.25) is 0 Å². The number of carbonyl (C=O) groups is 1. The molecular weight excluding hydrogens is 553 g/mol. The van der Waals surface area contributed by atoms with E-state index in [1.165, 1.54) is 0 Å². The molecule has 6 nitrogen and oxygen atoms in total. The number of nitrogens with zero attached hydrogens (tertiary/aromatic N) is 1. The van der Waals surface area contributed by atoms with Gasteiger partial charge in [0.25, 0.3) is 8.32 Å².